The van der Waals surface area contributed by atoms with Crippen molar-refractivity contribution in [2.45, 2.75) is 0 Å². The van der Waals surface area contributed by atoms with Gasteiger partial charge in [-0.1, -0.05) is 0 Å². The van der Waals surface area contributed by atoms with E-state index in [0.29, 0.717) is 5.52 Å². The van der Waals surface area contributed by atoms with Gasteiger partial charge in [-0.25, -0.2) is 4.79 Å². The van der Waals surface area contributed by atoms with Gasteiger partial charge in [-0.05, 0) is 6.07 Å². The average Bonchev–Trinajstić information content (AvgIpc) is 2.56. The molecule has 0 radical (unpaired) electrons. The molecule has 0 aliphatic heterocycles. The van der Waals surface area contributed by atoms with Crippen molar-refractivity contribution < 1.29 is 9.90 Å². The molecule has 5 nitrogen and oxygen atoms in total. The molecule has 0 saturated carbocycles. The average molecular weight is 219 g/mol. The smallest absolute Gasteiger partial charge is 0.339 e. The Morgan fingerprint density at radius 2 is 2.19 bits per heavy atom. The number of anilines is 1. The van der Waals surface area contributed by atoms with Gasteiger partial charge in [-0.3, -0.25) is 4.98 Å². The van der Waals surface area contributed by atoms with Gasteiger partial charge in [0.15, 0.2) is 0 Å². The van der Waals surface area contributed by atoms with Gasteiger partial charge in [-0.2, -0.15) is 0 Å². The summed E-state index contributed by atoms with van der Waals surface area (Å²) in [7, 11) is 5.66. The predicted molar refractivity (Wildman–Crippen MR) is 62.0 cm³/mol. The van der Waals surface area contributed by atoms with Crippen LogP contribution in [0.4, 0.5) is 5.69 Å². The Balaban J connectivity index is 2.84. The molecule has 84 valence electrons. The summed E-state index contributed by atoms with van der Waals surface area (Å²) in [4.78, 5) is 17.1. The van der Waals surface area contributed by atoms with E-state index in [1.54, 1.807) is 17.0 Å². The molecule has 2 heterocycles. The summed E-state index contributed by atoms with van der Waals surface area (Å²) >= 11 is 0. The van der Waals surface area contributed by atoms with Crippen LogP contribution >= 0.6 is 0 Å². The van der Waals surface area contributed by atoms with Crippen LogP contribution in [0.15, 0.2) is 18.5 Å². The van der Waals surface area contributed by atoms with Gasteiger partial charge in [0, 0.05) is 33.5 Å². The fourth-order valence-corrected chi connectivity index (χ4v) is 1.83. The molecular weight excluding hydrogens is 206 g/mol. The highest BCUT2D eigenvalue weighted by atomic mass is 16.4. The van der Waals surface area contributed by atoms with E-state index in [9.17, 15) is 4.79 Å². The predicted octanol–water partition coefficient (Wildman–Crippen LogP) is 1.34. The monoisotopic (exact) mass is 219 g/mol. The lowest BCUT2D eigenvalue weighted by atomic mass is 10.2. The molecule has 16 heavy (non-hydrogen) atoms. The lowest BCUT2D eigenvalue weighted by molar-refractivity contribution is 0.0698. The van der Waals surface area contributed by atoms with E-state index in [4.69, 9.17) is 5.11 Å². The van der Waals surface area contributed by atoms with Crippen LogP contribution in [0.5, 0.6) is 0 Å². The minimum atomic E-state index is -0.950. The van der Waals surface area contributed by atoms with Crippen LogP contribution in [0.25, 0.3) is 11.0 Å². The maximum Gasteiger partial charge on any atom is 0.339 e. The first kappa shape index (κ1) is 10.5. The SMILES string of the molecule is CN(C)c1ccnc2c(C(=O)O)cn(C)c12. The molecule has 0 atom stereocenters. The number of rotatable bonds is 2. The van der Waals surface area contributed by atoms with E-state index >= 15 is 0 Å². The quantitative estimate of drug-likeness (QED) is 0.828. The number of hydrogen-bond donors (Lipinski definition) is 1. The van der Waals surface area contributed by atoms with Gasteiger partial charge >= 0.3 is 5.97 Å². The van der Waals surface area contributed by atoms with Crippen molar-refractivity contribution in [2.24, 2.45) is 7.05 Å². The third-order valence-electron chi connectivity index (χ3n) is 2.55. The van der Waals surface area contributed by atoms with Gasteiger partial charge in [-0.15, -0.1) is 0 Å². The minimum absolute atomic E-state index is 0.237. The third kappa shape index (κ3) is 1.41. The Bertz CT molecular complexity index is 558. The lowest BCUT2D eigenvalue weighted by Gasteiger charge is -2.14. The number of carboxylic acid groups (broad SMARTS) is 1. The Morgan fingerprint density at radius 1 is 1.50 bits per heavy atom. The topological polar surface area (TPSA) is 58.4 Å². The Hall–Kier alpha value is -2.04. The number of pyridine rings is 1. The minimum Gasteiger partial charge on any atom is -0.478 e. The molecule has 1 N–H and O–H groups in total. The van der Waals surface area contributed by atoms with Gasteiger partial charge in [0.2, 0.25) is 0 Å². The van der Waals surface area contributed by atoms with Crippen molar-refractivity contribution in [3.05, 3.63) is 24.0 Å². The first-order valence-corrected chi connectivity index (χ1v) is 4.87. The van der Waals surface area contributed by atoms with Crippen LogP contribution in [0, 0.1) is 0 Å². The van der Waals surface area contributed by atoms with E-state index in [-0.39, 0.29) is 5.56 Å². The summed E-state index contributed by atoms with van der Waals surface area (Å²) in [5.74, 6) is -0.950. The second-order valence-electron chi connectivity index (χ2n) is 3.88. The summed E-state index contributed by atoms with van der Waals surface area (Å²) in [5.41, 5.74) is 2.56. The second-order valence-corrected chi connectivity index (χ2v) is 3.88. The van der Waals surface area contributed by atoms with E-state index < -0.39 is 5.97 Å². The number of carbonyl (C=O) groups is 1. The van der Waals surface area contributed by atoms with Crippen molar-refractivity contribution in [2.75, 3.05) is 19.0 Å². The Morgan fingerprint density at radius 3 is 2.75 bits per heavy atom. The molecule has 0 spiro atoms. The molecule has 0 aliphatic carbocycles. The van der Waals surface area contributed by atoms with E-state index in [1.165, 1.54) is 0 Å². The number of aromatic nitrogens is 2. The van der Waals surface area contributed by atoms with Crippen molar-refractivity contribution in [3.8, 4) is 0 Å². The fourth-order valence-electron chi connectivity index (χ4n) is 1.83. The first-order valence-electron chi connectivity index (χ1n) is 4.87. The van der Waals surface area contributed by atoms with Crippen LogP contribution in [0.3, 0.4) is 0 Å². The van der Waals surface area contributed by atoms with Crippen LogP contribution in [0.1, 0.15) is 10.4 Å². The molecule has 2 aromatic rings. The number of hydrogen-bond acceptors (Lipinski definition) is 3. The number of nitrogens with zero attached hydrogens (tertiary/aromatic N) is 3. The van der Waals surface area contributed by atoms with Crippen LogP contribution in [-0.2, 0) is 7.05 Å². The molecule has 0 bridgehead atoms. The molecule has 5 heteroatoms. The van der Waals surface area contributed by atoms with E-state index in [1.807, 2.05) is 32.1 Å². The highest BCUT2D eigenvalue weighted by Gasteiger charge is 2.16. The first-order chi connectivity index (χ1) is 7.52. The third-order valence-corrected chi connectivity index (χ3v) is 2.55. The van der Waals surface area contributed by atoms with Crippen LogP contribution < -0.4 is 4.90 Å². The summed E-state index contributed by atoms with van der Waals surface area (Å²) < 4.78 is 1.79. The highest BCUT2D eigenvalue weighted by Crippen LogP contribution is 2.27. The van der Waals surface area contributed by atoms with Gasteiger partial charge < -0.3 is 14.6 Å². The standard InChI is InChI=1S/C11H13N3O2/c1-13(2)8-4-5-12-9-7(11(15)16)6-14(3)10(8)9/h4-6H,1-3H3,(H,15,16). The Labute approximate surface area is 92.9 Å². The number of aryl methyl sites for hydroxylation is 1. The zero-order chi connectivity index (χ0) is 11.9. The molecule has 0 aliphatic rings. The van der Waals surface area contributed by atoms with Crippen molar-refractivity contribution in [1.82, 2.24) is 9.55 Å². The normalized spacial score (nSPS) is 10.7. The fraction of sp³-hybridized carbons (Fsp3) is 0.273. The molecule has 2 aromatic heterocycles. The zero-order valence-electron chi connectivity index (χ0n) is 9.43. The summed E-state index contributed by atoms with van der Waals surface area (Å²) in [6, 6.07) is 1.87. The largest absolute Gasteiger partial charge is 0.478 e. The van der Waals surface area contributed by atoms with Crippen molar-refractivity contribution >= 4 is 22.7 Å². The van der Waals surface area contributed by atoms with Crippen molar-refractivity contribution in [3.63, 3.8) is 0 Å². The molecule has 0 unspecified atom stereocenters. The number of carboxylic acids is 1. The number of fused-ring (bicyclic) bond motifs is 1. The summed E-state index contributed by atoms with van der Waals surface area (Å²) in [5, 5.41) is 9.06. The highest BCUT2D eigenvalue weighted by molar-refractivity contribution is 6.04. The maximum atomic E-state index is 11.0. The number of aromatic carboxylic acids is 1. The molecule has 0 aromatic carbocycles. The maximum absolute atomic E-state index is 11.0. The second kappa shape index (κ2) is 3.52. The summed E-state index contributed by atoms with van der Waals surface area (Å²) in [6.07, 6.45) is 3.22. The zero-order valence-corrected chi connectivity index (χ0v) is 9.43. The van der Waals surface area contributed by atoms with Crippen LogP contribution in [-0.4, -0.2) is 34.7 Å². The van der Waals surface area contributed by atoms with E-state index in [0.717, 1.165) is 11.2 Å². The van der Waals surface area contributed by atoms with Gasteiger partial charge in [0.1, 0.15) is 11.1 Å². The van der Waals surface area contributed by atoms with Gasteiger partial charge in [0.25, 0.3) is 0 Å². The van der Waals surface area contributed by atoms with Crippen LogP contribution in [0.2, 0.25) is 0 Å². The molecule has 0 saturated heterocycles. The van der Waals surface area contributed by atoms with E-state index in [2.05, 4.69) is 4.98 Å². The Kier molecular flexibility index (Phi) is 2.30. The molecular formula is C11H13N3O2. The lowest BCUT2D eigenvalue weighted by Crippen LogP contribution is -2.10. The van der Waals surface area contributed by atoms with Gasteiger partial charge in [0.05, 0.1) is 11.2 Å². The summed E-state index contributed by atoms with van der Waals surface area (Å²) in [6.45, 7) is 0. The van der Waals surface area contributed by atoms with Crippen molar-refractivity contribution in [1.29, 1.82) is 0 Å². The molecule has 0 amide bonds. The molecule has 0 fully saturated rings. The molecule has 2 rings (SSSR count).